The van der Waals surface area contributed by atoms with Crippen LogP contribution in [0.15, 0.2) is 59.4 Å². The van der Waals surface area contributed by atoms with Gasteiger partial charge in [0.2, 0.25) is 0 Å². The Hall–Kier alpha value is -4.62. The second-order valence-corrected chi connectivity index (χ2v) is 8.47. The summed E-state index contributed by atoms with van der Waals surface area (Å²) < 4.78 is 100. The molecule has 0 unspecified atom stereocenters. The van der Waals surface area contributed by atoms with Gasteiger partial charge in [-0.05, 0) is 37.3 Å². The normalized spacial score (nSPS) is 12.3. The molecule has 3 heterocycles. The maximum absolute atomic E-state index is 14.4. The highest BCUT2D eigenvalue weighted by Gasteiger charge is 2.39. The second-order valence-electron chi connectivity index (χ2n) is 8.47. The Morgan fingerprint density at radius 2 is 1.64 bits per heavy atom. The minimum absolute atomic E-state index is 0.0161. The molecule has 0 saturated heterocycles. The number of hydrogen-bond acceptors (Lipinski definition) is 6. The van der Waals surface area contributed by atoms with E-state index >= 15 is 0 Å². The van der Waals surface area contributed by atoms with Crippen LogP contribution in [0.1, 0.15) is 34.2 Å². The van der Waals surface area contributed by atoms with Gasteiger partial charge in [-0.15, -0.1) is 0 Å². The molecule has 0 aliphatic carbocycles. The van der Waals surface area contributed by atoms with Crippen molar-refractivity contribution in [3.8, 4) is 34.0 Å². The molecule has 0 radical (unpaired) electrons. The van der Waals surface area contributed by atoms with E-state index in [1.807, 2.05) is 0 Å². The Morgan fingerprint density at radius 1 is 0.897 bits per heavy atom. The summed E-state index contributed by atoms with van der Waals surface area (Å²) in [6.45, 7) is 1.21. The zero-order valence-corrected chi connectivity index (χ0v) is 19.6. The van der Waals surface area contributed by atoms with Gasteiger partial charge >= 0.3 is 12.4 Å². The van der Waals surface area contributed by atoms with E-state index in [1.54, 1.807) is 0 Å². The molecule has 5 rings (SSSR count). The lowest BCUT2D eigenvalue weighted by molar-refractivity contribution is -0.142. The molecule has 0 saturated carbocycles. The largest absolute Gasteiger partial charge is 0.417 e. The number of imidazole rings is 1. The molecule has 0 spiro atoms. The quantitative estimate of drug-likeness (QED) is 0.183. The van der Waals surface area contributed by atoms with Crippen molar-refractivity contribution in [3.05, 3.63) is 83.1 Å². The lowest BCUT2D eigenvalue weighted by Gasteiger charge is -2.14. The first kappa shape index (κ1) is 26.0. The summed E-state index contributed by atoms with van der Waals surface area (Å²) in [5, 5.41) is 7.72. The van der Waals surface area contributed by atoms with Crippen LogP contribution in [0.5, 0.6) is 0 Å². The van der Waals surface area contributed by atoms with Gasteiger partial charge in [0.25, 0.3) is 0 Å². The SMILES string of the molecule is CC(=O)c1ccc(F)c(-c2nc3cnn(Cc4cc(-c5ccc(C(F)(F)F)cc5C(F)(F)F)no4)cc-3n2)c1. The molecule has 0 N–H and O–H groups in total. The average molecular weight is 549 g/mol. The Kier molecular flexibility index (Phi) is 6.19. The Balaban J connectivity index is 1.44. The molecule has 1 aromatic heterocycles. The van der Waals surface area contributed by atoms with Gasteiger partial charge in [-0.1, -0.05) is 11.2 Å². The van der Waals surface area contributed by atoms with E-state index in [2.05, 4.69) is 20.2 Å². The van der Waals surface area contributed by atoms with Crippen LogP contribution in [-0.2, 0) is 18.9 Å². The minimum atomic E-state index is -5.07. The Labute approximate surface area is 214 Å². The fourth-order valence-electron chi connectivity index (χ4n) is 3.84. The smallest absolute Gasteiger partial charge is 0.359 e. The molecule has 0 atom stereocenters. The molecule has 39 heavy (non-hydrogen) atoms. The Bertz CT molecular complexity index is 1670. The van der Waals surface area contributed by atoms with Gasteiger partial charge in [-0.3, -0.25) is 9.48 Å². The van der Waals surface area contributed by atoms with E-state index in [4.69, 9.17) is 4.52 Å². The highest BCUT2D eigenvalue weighted by Crippen LogP contribution is 2.40. The number of hydrogen-bond donors (Lipinski definition) is 0. The van der Waals surface area contributed by atoms with Gasteiger partial charge in [0.15, 0.2) is 17.4 Å². The van der Waals surface area contributed by atoms with Crippen molar-refractivity contribution >= 4 is 5.78 Å². The Morgan fingerprint density at radius 3 is 2.33 bits per heavy atom. The summed E-state index contributed by atoms with van der Waals surface area (Å²) >= 11 is 0. The molecule has 3 aromatic rings. The maximum Gasteiger partial charge on any atom is 0.417 e. The average Bonchev–Trinajstić information content (AvgIpc) is 3.49. The van der Waals surface area contributed by atoms with Crippen molar-refractivity contribution < 1.29 is 40.1 Å². The topological polar surface area (TPSA) is 86.7 Å². The van der Waals surface area contributed by atoms with Crippen LogP contribution in [0.25, 0.3) is 34.0 Å². The number of carbonyl (C=O) groups is 1. The number of halogens is 7. The third-order valence-corrected chi connectivity index (χ3v) is 5.73. The molecule has 0 bridgehead atoms. The summed E-state index contributed by atoms with van der Waals surface area (Å²) in [5.41, 5.74) is -2.95. The zero-order chi connectivity index (χ0) is 28.1. The summed E-state index contributed by atoms with van der Waals surface area (Å²) in [6.07, 6.45) is -7.28. The first-order chi connectivity index (χ1) is 18.3. The predicted octanol–water partition coefficient (Wildman–Crippen LogP) is 6.53. The van der Waals surface area contributed by atoms with Crippen molar-refractivity contribution in [2.24, 2.45) is 0 Å². The molecule has 2 aliphatic rings. The monoisotopic (exact) mass is 549 g/mol. The van der Waals surface area contributed by atoms with E-state index in [0.717, 1.165) is 12.1 Å². The number of aromatic nitrogens is 5. The predicted molar refractivity (Wildman–Crippen MR) is 121 cm³/mol. The summed E-state index contributed by atoms with van der Waals surface area (Å²) in [5.74, 6) is -0.826. The van der Waals surface area contributed by atoms with Gasteiger partial charge in [0.1, 0.15) is 29.4 Å². The fourth-order valence-corrected chi connectivity index (χ4v) is 3.84. The number of ketones is 1. The summed E-state index contributed by atoms with van der Waals surface area (Å²) in [7, 11) is 0. The van der Waals surface area contributed by atoms with Gasteiger partial charge < -0.3 is 4.52 Å². The van der Waals surface area contributed by atoms with Gasteiger partial charge in [0, 0.05) is 17.2 Å². The minimum Gasteiger partial charge on any atom is -0.359 e. The van der Waals surface area contributed by atoms with Crippen LogP contribution in [0.3, 0.4) is 0 Å². The number of carbonyl (C=O) groups excluding carboxylic acids is 1. The third-order valence-electron chi connectivity index (χ3n) is 5.73. The molecule has 2 aliphatic heterocycles. The fraction of sp³-hybridized carbons (Fsp3) is 0.160. The number of benzene rings is 2. The third kappa shape index (κ3) is 5.22. The van der Waals surface area contributed by atoms with Gasteiger partial charge in [-0.25, -0.2) is 14.4 Å². The molecule has 14 heteroatoms. The van der Waals surface area contributed by atoms with E-state index in [1.165, 1.54) is 36.1 Å². The van der Waals surface area contributed by atoms with E-state index in [-0.39, 0.29) is 46.8 Å². The zero-order valence-electron chi connectivity index (χ0n) is 19.6. The first-order valence-electron chi connectivity index (χ1n) is 11.0. The molecular formula is C25H14F7N5O2. The van der Waals surface area contributed by atoms with Crippen LogP contribution in [-0.4, -0.2) is 30.7 Å². The molecular weight excluding hydrogens is 535 g/mol. The molecule has 0 amide bonds. The lowest BCUT2D eigenvalue weighted by Crippen LogP contribution is -2.12. The van der Waals surface area contributed by atoms with Crippen LogP contribution in [0.4, 0.5) is 30.7 Å². The number of rotatable bonds is 5. The molecule has 7 nitrogen and oxygen atoms in total. The van der Waals surface area contributed by atoms with Crippen LogP contribution < -0.4 is 0 Å². The van der Waals surface area contributed by atoms with Crippen LogP contribution in [0.2, 0.25) is 0 Å². The van der Waals surface area contributed by atoms with Crippen molar-refractivity contribution in [2.75, 3.05) is 0 Å². The van der Waals surface area contributed by atoms with Gasteiger partial charge in [0.05, 0.1) is 29.1 Å². The van der Waals surface area contributed by atoms with Crippen LogP contribution in [0, 0.1) is 5.82 Å². The molecule has 200 valence electrons. The number of alkyl halides is 6. The van der Waals surface area contributed by atoms with Crippen LogP contribution >= 0.6 is 0 Å². The van der Waals surface area contributed by atoms with Crippen molar-refractivity contribution in [1.29, 1.82) is 0 Å². The van der Waals surface area contributed by atoms with E-state index < -0.39 is 34.9 Å². The number of fused-ring (bicyclic) bond motifs is 1. The summed E-state index contributed by atoms with van der Waals surface area (Å²) in [6, 6.07) is 6.20. The number of nitrogens with zero attached hydrogens (tertiary/aromatic N) is 5. The highest BCUT2D eigenvalue weighted by atomic mass is 19.4. The molecule has 0 fully saturated rings. The van der Waals surface area contributed by atoms with E-state index in [0.29, 0.717) is 23.5 Å². The maximum atomic E-state index is 14.4. The number of Topliss-reactive ketones (excluding diaryl/α,β-unsaturated/α-hetero) is 1. The summed E-state index contributed by atoms with van der Waals surface area (Å²) in [4.78, 5) is 20.2. The van der Waals surface area contributed by atoms with Gasteiger partial charge in [-0.2, -0.15) is 31.4 Å². The van der Waals surface area contributed by atoms with Crippen molar-refractivity contribution in [1.82, 2.24) is 24.9 Å². The standard InChI is InChI=1S/C25H14F7N5O2/c1-12(38)13-2-5-19(26)17(6-13)23-34-21-9-33-37(11-22(21)35-23)10-15-8-20(36-39-15)16-4-3-14(24(27,28)29)7-18(16)25(30,31)32/h2-9,11H,10H2,1H3. The van der Waals surface area contributed by atoms with E-state index in [9.17, 15) is 35.5 Å². The molecule has 2 aromatic carbocycles. The highest BCUT2D eigenvalue weighted by molar-refractivity contribution is 5.95. The first-order valence-corrected chi connectivity index (χ1v) is 11.0. The van der Waals surface area contributed by atoms with Crippen molar-refractivity contribution in [3.63, 3.8) is 0 Å². The second kappa shape index (κ2) is 9.29. The lowest BCUT2D eigenvalue weighted by atomic mass is 10.0. The van der Waals surface area contributed by atoms with Crippen molar-refractivity contribution in [2.45, 2.75) is 25.8 Å².